The van der Waals surface area contributed by atoms with Crippen LogP contribution in [0.3, 0.4) is 0 Å². The van der Waals surface area contributed by atoms with E-state index < -0.39 is 24.1 Å². The van der Waals surface area contributed by atoms with E-state index in [0.29, 0.717) is 6.54 Å². The lowest BCUT2D eigenvalue weighted by Gasteiger charge is -2.28. The zero-order chi connectivity index (χ0) is 15.2. The molecule has 0 spiro atoms. The lowest BCUT2D eigenvalue weighted by molar-refractivity contribution is -0.141. The van der Waals surface area contributed by atoms with E-state index >= 15 is 0 Å². The van der Waals surface area contributed by atoms with Gasteiger partial charge in [0.15, 0.2) is 6.04 Å². The number of urea groups is 1. The highest BCUT2D eigenvalue weighted by Gasteiger charge is 2.26. The van der Waals surface area contributed by atoms with Crippen LogP contribution in [0.15, 0.2) is 0 Å². The summed E-state index contributed by atoms with van der Waals surface area (Å²) in [5.74, 6) is -1.27. The molecule has 0 rings (SSSR count). The number of hydrogen-bond donors (Lipinski definition) is 4. The molecule has 7 heteroatoms. The number of aliphatic hydroxyl groups excluding tert-OH is 1. The Hall–Kier alpha value is -1.34. The van der Waals surface area contributed by atoms with Gasteiger partial charge < -0.3 is 25.7 Å². The van der Waals surface area contributed by atoms with Crippen molar-refractivity contribution in [2.45, 2.75) is 32.9 Å². The summed E-state index contributed by atoms with van der Waals surface area (Å²) in [4.78, 5) is 24.4. The van der Waals surface area contributed by atoms with E-state index in [9.17, 15) is 14.7 Å². The Morgan fingerprint density at radius 3 is 2.21 bits per heavy atom. The van der Waals surface area contributed by atoms with E-state index in [-0.39, 0.29) is 5.41 Å². The first kappa shape index (κ1) is 17.7. The van der Waals surface area contributed by atoms with Gasteiger partial charge in [-0.15, -0.1) is 0 Å². The van der Waals surface area contributed by atoms with Crippen molar-refractivity contribution in [1.29, 1.82) is 0 Å². The first-order valence-corrected chi connectivity index (χ1v) is 6.15. The number of carbonyl (C=O) groups excluding carboxylic acids is 1. The minimum Gasteiger partial charge on any atom is -0.480 e. The number of hydrogen-bond acceptors (Lipinski definition) is 4. The fraction of sp³-hybridized carbons (Fsp3) is 0.833. The quantitative estimate of drug-likeness (QED) is 0.511. The number of rotatable bonds is 7. The summed E-state index contributed by atoms with van der Waals surface area (Å²) in [6, 6.07) is -1.91. The summed E-state index contributed by atoms with van der Waals surface area (Å²) in [5.41, 5.74) is -0.135. The molecule has 112 valence electrons. The predicted octanol–water partition coefficient (Wildman–Crippen LogP) is -0.293. The fourth-order valence-electron chi connectivity index (χ4n) is 1.81. The third-order valence-electron chi connectivity index (χ3n) is 2.51. The van der Waals surface area contributed by atoms with Gasteiger partial charge in [0.25, 0.3) is 0 Å². The van der Waals surface area contributed by atoms with Gasteiger partial charge in [-0.2, -0.15) is 0 Å². The third-order valence-corrected chi connectivity index (χ3v) is 2.51. The van der Waals surface area contributed by atoms with Crippen LogP contribution >= 0.6 is 0 Å². The van der Waals surface area contributed by atoms with Crippen molar-refractivity contribution < 1.29 is 19.8 Å². The van der Waals surface area contributed by atoms with Crippen LogP contribution in [-0.2, 0) is 4.79 Å². The number of nitrogens with one attached hydrogen (secondary N) is 2. The van der Waals surface area contributed by atoms with Gasteiger partial charge in [-0.3, -0.25) is 0 Å². The molecule has 0 saturated carbocycles. The Morgan fingerprint density at radius 2 is 1.84 bits per heavy atom. The van der Waals surface area contributed by atoms with E-state index in [4.69, 9.17) is 5.11 Å². The Labute approximate surface area is 114 Å². The SMILES string of the molecule is C[C@@H](O)[C@H](NC(=O)NCC(C)(C)CN(C)C)C(=O)O. The van der Waals surface area contributed by atoms with Crippen LogP contribution < -0.4 is 10.6 Å². The molecule has 0 heterocycles. The molecule has 2 atom stereocenters. The minimum atomic E-state index is -1.31. The van der Waals surface area contributed by atoms with Crippen LogP contribution in [0.5, 0.6) is 0 Å². The molecular weight excluding hydrogens is 250 g/mol. The Balaban J connectivity index is 4.28. The molecule has 0 aliphatic carbocycles. The monoisotopic (exact) mass is 275 g/mol. The first-order chi connectivity index (χ1) is 8.55. The van der Waals surface area contributed by atoms with Crippen LogP contribution in [0.25, 0.3) is 0 Å². The molecule has 2 amide bonds. The van der Waals surface area contributed by atoms with Crippen molar-refractivity contribution >= 4 is 12.0 Å². The number of carboxylic acids is 1. The smallest absolute Gasteiger partial charge is 0.328 e. The van der Waals surface area contributed by atoms with Gasteiger partial charge >= 0.3 is 12.0 Å². The van der Waals surface area contributed by atoms with Crippen molar-refractivity contribution in [3.05, 3.63) is 0 Å². The van der Waals surface area contributed by atoms with E-state index in [1.165, 1.54) is 6.92 Å². The zero-order valence-corrected chi connectivity index (χ0v) is 12.2. The largest absolute Gasteiger partial charge is 0.480 e. The number of aliphatic carboxylic acids is 1. The molecule has 0 saturated heterocycles. The molecule has 0 aliphatic heterocycles. The number of aliphatic hydroxyl groups is 1. The van der Waals surface area contributed by atoms with Gasteiger partial charge in [-0.1, -0.05) is 13.8 Å². The number of amides is 2. The summed E-state index contributed by atoms with van der Waals surface area (Å²) in [6.07, 6.45) is -1.15. The second kappa shape index (κ2) is 7.30. The highest BCUT2D eigenvalue weighted by Crippen LogP contribution is 2.13. The molecular formula is C12H25N3O4. The lowest BCUT2D eigenvalue weighted by Crippen LogP contribution is -2.52. The minimum absolute atomic E-state index is 0.135. The maximum absolute atomic E-state index is 11.6. The summed E-state index contributed by atoms with van der Waals surface area (Å²) >= 11 is 0. The summed E-state index contributed by atoms with van der Waals surface area (Å²) in [5, 5.41) is 22.9. The van der Waals surface area contributed by atoms with Gasteiger partial charge in [0.2, 0.25) is 0 Å². The molecule has 0 aromatic carbocycles. The van der Waals surface area contributed by atoms with E-state index in [1.54, 1.807) is 0 Å². The molecule has 0 radical (unpaired) electrons. The van der Waals surface area contributed by atoms with Gasteiger partial charge in [0.05, 0.1) is 6.10 Å². The first-order valence-electron chi connectivity index (χ1n) is 6.15. The van der Waals surface area contributed by atoms with E-state index in [1.807, 2.05) is 32.8 Å². The Bertz CT molecular complexity index is 316. The van der Waals surface area contributed by atoms with Crippen molar-refractivity contribution in [2.75, 3.05) is 27.2 Å². The Morgan fingerprint density at radius 1 is 1.32 bits per heavy atom. The van der Waals surface area contributed by atoms with Crippen LogP contribution in [-0.4, -0.2) is 66.4 Å². The van der Waals surface area contributed by atoms with E-state index in [2.05, 4.69) is 10.6 Å². The topological polar surface area (TPSA) is 102 Å². The molecule has 0 bridgehead atoms. The van der Waals surface area contributed by atoms with Crippen molar-refractivity contribution in [3.8, 4) is 0 Å². The average Bonchev–Trinajstić information content (AvgIpc) is 2.20. The molecule has 0 aliphatic rings. The maximum Gasteiger partial charge on any atom is 0.328 e. The summed E-state index contributed by atoms with van der Waals surface area (Å²) in [6.45, 7) is 6.50. The number of nitrogens with zero attached hydrogens (tertiary/aromatic N) is 1. The molecule has 0 unspecified atom stereocenters. The zero-order valence-electron chi connectivity index (χ0n) is 12.2. The lowest BCUT2D eigenvalue weighted by atomic mass is 9.93. The fourth-order valence-corrected chi connectivity index (χ4v) is 1.81. The van der Waals surface area contributed by atoms with Crippen LogP contribution in [0, 0.1) is 5.41 Å². The highest BCUT2D eigenvalue weighted by molar-refractivity contribution is 5.82. The van der Waals surface area contributed by atoms with Crippen molar-refractivity contribution in [3.63, 3.8) is 0 Å². The van der Waals surface area contributed by atoms with Crippen LogP contribution in [0.2, 0.25) is 0 Å². The molecule has 7 nitrogen and oxygen atoms in total. The van der Waals surface area contributed by atoms with Crippen LogP contribution in [0.1, 0.15) is 20.8 Å². The van der Waals surface area contributed by atoms with Gasteiger partial charge in [0.1, 0.15) is 0 Å². The second-order valence-corrected chi connectivity index (χ2v) is 5.79. The molecule has 4 N–H and O–H groups in total. The highest BCUT2D eigenvalue weighted by atomic mass is 16.4. The van der Waals surface area contributed by atoms with E-state index in [0.717, 1.165) is 6.54 Å². The molecule has 0 aromatic rings. The predicted molar refractivity (Wildman–Crippen MR) is 72.0 cm³/mol. The molecule has 0 fully saturated rings. The van der Waals surface area contributed by atoms with Crippen molar-refractivity contribution in [1.82, 2.24) is 15.5 Å². The number of carboxylic acid groups (broad SMARTS) is 1. The maximum atomic E-state index is 11.6. The summed E-state index contributed by atoms with van der Waals surface area (Å²) < 4.78 is 0. The average molecular weight is 275 g/mol. The third kappa shape index (κ3) is 7.63. The molecule has 19 heavy (non-hydrogen) atoms. The van der Waals surface area contributed by atoms with Gasteiger partial charge in [-0.05, 0) is 26.4 Å². The van der Waals surface area contributed by atoms with Crippen molar-refractivity contribution in [2.24, 2.45) is 5.41 Å². The molecule has 0 aromatic heterocycles. The van der Waals surface area contributed by atoms with Gasteiger partial charge in [-0.25, -0.2) is 9.59 Å². The number of carbonyl (C=O) groups is 2. The second-order valence-electron chi connectivity index (χ2n) is 5.79. The summed E-state index contributed by atoms with van der Waals surface area (Å²) in [7, 11) is 3.88. The normalized spacial score (nSPS) is 14.9. The standard InChI is InChI=1S/C12H25N3O4/c1-8(16)9(10(17)18)14-11(19)13-6-12(2,3)7-15(4)5/h8-9,16H,6-7H2,1-5H3,(H,17,18)(H2,13,14,19)/t8-,9+/m1/s1. The van der Waals surface area contributed by atoms with Gasteiger partial charge in [0, 0.05) is 13.1 Å². The Kier molecular flexibility index (Phi) is 6.78. The van der Waals surface area contributed by atoms with Crippen LogP contribution in [0.4, 0.5) is 4.79 Å².